The maximum absolute atomic E-state index is 11.6. The van der Waals surface area contributed by atoms with Crippen molar-refractivity contribution in [3.8, 4) is 0 Å². The summed E-state index contributed by atoms with van der Waals surface area (Å²) in [4.78, 5) is 18.0. The van der Waals surface area contributed by atoms with Gasteiger partial charge < -0.3 is 5.11 Å². The Hall–Kier alpha value is -1.42. The molecule has 0 aromatic carbocycles. The van der Waals surface area contributed by atoms with E-state index in [0.717, 1.165) is 38.8 Å². The number of likely N-dealkylation sites (tertiary alicyclic amines) is 1. The predicted octanol–water partition coefficient (Wildman–Crippen LogP) is 3.11. The molecule has 0 amide bonds. The Kier molecular flexibility index (Phi) is 4.76. The van der Waals surface area contributed by atoms with E-state index < -0.39 is 11.4 Å². The summed E-state index contributed by atoms with van der Waals surface area (Å²) >= 11 is 0. The van der Waals surface area contributed by atoms with Gasteiger partial charge in [-0.2, -0.15) is 0 Å². The van der Waals surface area contributed by atoms with E-state index in [9.17, 15) is 9.90 Å². The van der Waals surface area contributed by atoms with Crippen molar-refractivity contribution in [3.63, 3.8) is 0 Å². The Bertz CT molecular complexity index is 439. The molecule has 1 aromatic heterocycles. The largest absolute Gasteiger partial charge is 0.481 e. The zero-order valence-corrected chi connectivity index (χ0v) is 12.4. The van der Waals surface area contributed by atoms with Gasteiger partial charge in [-0.1, -0.05) is 13.3 Å². The first-order valence-electron chi connectivity index (χ1n) is 7.46. The van der Waals surface area contributed by atoms with Crippen LogP contribution in [0.3, 0.4) is 0 Å². The third-order valence-corrected chi connectivity index (χ3v) is 4.67. The molecular formula is C16H24N2O2. The second kappa shape index (κ2) is 6.35. The summed E-state index contributed by atoms with van der Waals surface area (Å²) in [6.07, 6.45) is 6.87. The SMILES string of the molecule is CCCC1(C(=O)O)CCN(C(C)c2ccncc2)CC1. The lowest BCUT2D eigenvalue weighted by Crippen LogP contribution is -2.45. The molecule has 1 fully saturated rings. The molecule has 2 heterocycles. The number of pyridine rings is 1. The van der Waals surface area contributed by atoms with Crippen molar-refractivity contribution < 1.29 is 9.90 Å². The highest BCUT2D eigenvalue weighted by atomic mass is 16.4. The van der Waals surface area contributed by atoms with Gasteiger partial charge in [-0.25, -0.2) is 0 Å². The topological polar surface area (TPSA) is 53.4 Å². The number of carbonyl (C=O) groups is 1. The second-order valence-corrected chi connectivity index (χ2v) is 5.83. The number of nitrogens with zero attached hydrogens (tertiary/aromatic N) is 2. The zero-order valence-electron chi connectivity index (χ0n) is 12.4. The van der Waals surface area contributed by atoms with Crippen molar-refractivity contribution in [1.29, 1.82) is 0 Å². The summed E-state index contributed by atoms with van der Waals surface area (Å²) in [5.74, 6) is -0.615. The molecule has 1 aromatic rings. The smallest absolute Gasteiger partial charge is 0.309 e. The van der Waals surface area contributed by atoms with Gasteiger partial charge in [0, 0.05) is 18.4 Å². The Morgan fingerprint density at radius 3 is 2.50 bits per heavy atom. The molecule has 1 N–H and O–H groups in total. The van der Waals surface area contributed by atoms with E-state index >= 15 is 0 Å². The van der Waals surface area contributed by atoms with E-state index in [1.807, 2.05) is 24.5 Å². The molecule has 0 aliphatic carbocycles. The summed E-state index contributed by atoms with van der Waals surface area (Å²) in [6.45, 7) is 5.96. The predicted molar refractivity (Wildman–Crippen MR) is 78.4 cm³/mol. The lowest BCUT2D eigenvalue weighted by atomic mass is 9.74. The molecule has 0 spiro atoms. The highest BCUT2D eigenvalue weighted by Crippen LogP contribution is 2.38. The maximum atomic E-state index is 11.6. The normalized spacial score (nSPS) is 20.5. The summed E-state index contributed by atoms with van der Waals surface area (Å²) in [6, 6.07) is 4.40. The van der Waals surface area contributed by atoms with Crippen LogP contribution >= 0.6 is 0 Å². The second-order valence-electron chi connectivity index (χ2n) is 5.83. The van der Waals surface area contributed by atoms with Crippen LogP contribution in [0.25, 0.3) is 0 Å². The number of carboxylic acids is 1. The van der Waals surface area contributed by atoms with Gasteiger partial charge in [0.25, 0.3) is 0 Å². The van der Waals surface area contributed by atoms with E-state index in [0.29, 0.717) is 6.04 Å². The first-order valence-corrected chi connectivity index (χ1v) is 7.46. The van der Waals surface area contributed by atoms with Crippen LogP contribution in [0.15, 0.2) is 24.5 Å². The summed E-state index contributed by atoms with van der Waals surface area (Å²) < 4.78 is 0. The lowest BCUT2D eigenvalue weighted by Gasteiger charge is -2.41. The van der Waals surface area contributed by atoms with Crippen LogP contribution in [-0.2, 0) is 4.79 Å². The molecule has 1 aliphatic rings. The van der Waals surface area contributed by atoms with Crippen molar-refractivity contribution >= 4 is 5.97 Å². The van der Waals surface area contributed by atoms with Gasteiger partial charge >= 0.3 is 5.97 Å². The van der Waals surface area contributed by atoms with Crippen LogP contribution in [0.1, 0.15) is 51.1 Å². The minimum Gasteiger partial charge on any atom is -0.481 e. The van der Waals surface area contributed by atoms with Gasteiger partial charge in [0.15, 0.2) is 0 Å². The Morgan fingerprint density at radius 2 is 2.00 bits per heavy atom. The number of hydrogen-bond donors (Lipinski definition) is 1. The monoisotopic (exact) mass is 276 g/mol. The molecule has 20 heavy (non-hydrogen) atoms. The van der Waals surface area contributed by atoms with Crippen molar-refractivity contribution in [2.75, 3.05) is 13.1 Å². The van der Waals surface area contributed by atoms with E-state index in [2.05, 4.69) is 23.7 Å². The minimum atomic E-state index is -0.615. The first-order chi connectivity index (χ1) is 9.59. The van der Waals surface area contributed by atoms with Gasteiger partial charge in [-0.05, 0) is 57.0 Å². The summed E-state index contributed by atoms with van der Waals surface area (Å²) in [5, 5.41) is 9.53. The van der Waals surface area contributed by atoms with Crippen LogP contribution in [-0.4, -0.2) is 34.0 Å². The third-order valence-electron chi connectivity index (χ3n) is 4.67. The zero-order chi connectivity index (χ0) is 14.6. The molecule has 4 nitrogen and oxygen atoms in total. The molecule has 1 atom stereocenters. The Morgan fingerprint density at radius 1 is 1.40 bits per heavy atom. The number of carboxylic acid groups (broad SMARTS) is 1. The average Bonchev–Trinajstić information content (AvgIpc) is 2.48. The van der Waals surface area contributed by atoms with Gasteiger partial charge in [-0.3, -0.25) is 14.7 Å². The first kappa shape index (κ1) is 15.0. The molecule has 4 heteroatoms. The van der Waals surface area contributed by atoms with Crippen molar-refractivity contribution in [2.45, 2.75) is 45.6 Å². The Balaban J connectivity index is 2.02. The fourth-order valence-corrected chi connectivity index (χ4v) is 3.24. The van der Waals surface area contributed by atoms with Gasteiger partial charge in [-0.15, -0.1) is 0 Å². The highest BCUT2D eigenvalue weighted by molar-refractivity contribution is 5.74. The fourth-order valence-electron chi connectivity index (χ4n) is 3.24. The van der Waals surface area contributed by atoms with Crippen molar-refractivity contribution in [3.05, 3.63) is 30.1 Å². The molecule has 0 saturated carbocycles. The number of rotatable bonds is 5. The molecule has 0 radical (unpaired) electrons. The molecule has 0 bridgehead atoms. The number of aromatic nitrogens is 1. The minimum absolute atomic E-state index is 0.325. The molecular weight excluding hydrogens is 252 g/mol. The molecule has 1 aliphatic heterocycles. The highest BCUT2D eigenvalue weighted by Gasteiger charge is 2.41. The van der Waals surface area contributed by atoms with Crippen LogP contribution in [0.4, 0.5) is 0 Å². The summed E-state index contributed by atoms with van der Waals surface area (Å²) in [7, 11) is 0. The standard InChI is InChI=1S/C16H24N2O2/c1-3-6-16(15(19)20)7-11-18(12-8-16)13(2)14-4-9-17-10-5-14/h4-5,9-10,13H,3,6-8,11-12H2,1-2H3,(H,19,20). The van der Waals surface area contributed by atoms with E-state index in [4.69, 9.17) is 0 Å². The molecule has 110 valence electrons. The number of piperidine rings is 1. The average molecular weight is 276 g/mol. The van der Waals surface area contributed by atoms with Crippen molar-refractivity contribution in [2.24, 2.45) is 5.41 Å². The molecule has 1 unspecified atom stereocenters. The van der Waals surface area contributed by atoms with Gasteiger partial charge in [0.05, 0.1) is 5.41 Å². The van der Waals surface area contributed by atoms with Gasteiger partial charge in [0.2, 0.25) is 0 Å². The van der Waals surface area contributed by atoms with Crippen LogP contribution in [0.2, 0.25) is 0 Å². The maximum Gasteiger partial charge on any atom is 0.309 e. The molecule has 1 saturated heterocycles. The quantitative estimate of drug-likeness (QED) is 0.897. The lowest BCUT2D eigenvalue weighted by molar-refractivity contribution is -0.153. The van der Waals surface area contributed by atoms with E-state index in [1.165, 1.54) is 5.56 Å². The molecule has 2 rings (SSSR count). The van der Waals surface area contributed by atoms with Crippen LogP contribution in [0, 0.1) is 5.41 Å². The van der Waals surface area contributed by atoms with Crippen LogP contribution in [0.5, 0.6) is 0 Å². The number of aliphatic carboxylic acids is 1. The number of hydrogen-bond acceptors (Lipinski definition) is 3. The fraction of sp³-hybridized carbons (Fsp3) is 0.625. The van der Waals surface area contributed by atoms with Gasteiger partial charge in [0.1, 0.15) is 0 Å². The third kappa shape index (κ3) is 3.01. The van der Waals surface area contributed by atoms with Crippen LogP contribution < -0.4 is 0 Å². The van der Waals surface area contributed by atoms with E-state index in [-0.39, 0.29) is 0 Å². The van der Waals surface area contributed by atoms with Crippen molar-refractivity contribution in [1.82, 2.24) is 9.88 Å². The Labute approximate surface area is 120 Å². The summed E-state index contributed by atoms with van der Waals surface area (Å²) in [5.41, 5.74) is 0.752. The van der Waals surface area contributed by atoms with E-state index in [1.54, 1.807) is 0 Å².